The van der Waals surface area contributed by atoms with Crippen molar-refractivity contribution in [2.45, 2.75) is 90.1 Å². The second kappa shape index (κ2) is 9.80. The fourth-order valence-corrected chi connectivity index (χ4v) is 7.73. The second-order valence-electron chi connectivity index (χ2n) is 9.88. The van der Waals surface area contributed by atoms with Gasteiger partial charge in [-0.15, -0.1) is 0 Å². The Morgan fingerprint density at radius 3 is 1.48 bits per heavy atom. The first kappa shape index (κ1) is 22.6. The van der Waals surface area contributed by atoms with Crippen LogP contribution in [0.5, 0.6) is 0 Å². The monoisotopic (exact) mass is 426 g/mol. The summed E-state index contributed by atoms with van der Waals surface area (Å²) in [5.41, 5.74) is 0. The predicted octanol–water partition coefficient (Wildman–Crippen LogP) is 2.82. The van der Waals surface area contributed by atoms with Crippen molar-refractivity contribution in [2.75, 3.05) is 11.5 Å². The van der Waals surface area contributed by atoms with Crippen LogP contribution in [0.3, 0.4) is 0 Å². The number of carbonyl (C=O) groups excluding carboxylic acids is 2. The molecule has 0 radical (unpaired) electrons. The van der Waals surface area contributed by atoms with Gasteiger partial charge in [0.05, 0.1) is 11.5 Å². The summed E-state index contributed by atoms with van der Waals surface area (Å²) in [6, 6.07) is 0.396. The van der Waals surface area contributed by atoms with Crippen LogP contribution in [0, 0.1) is 23.7 Å². The van der Waals surface area contributed by atoms with Crippen molar-refractivity contribution in [3.8, 4) is 0 Å². The van der Waals surface area contributed by atoms with Crippen LogP contribution in [0.25, 0.3) is 0 Å². The Labute approximate surface area is 175 Å². The van der Waals surface area contributed by atoms with Crippen LogP contribution in [-0.4, -0.2) is 43.8 Å². The van der Waals surface area contributed by atoms with Crippen LogP contribution >= 0.6 is 0 Å². The summed E-state index contributed by atoms with van der Waals surface area (Å²) < 4.78 is 24.5. The maximum atomic E-state index is 12.6. The summed E-state index contributed by atoms with van der Waals surface area (Å²) in [6.45, 7) is 4.34. The van der Waals surface area contributed by atoms with Gasteiger partial charge in [0.1, 0.15) is 0 Å². The Kier molecular flexibility index (Phi) is 7.63. The molecule has 1 heterocycles. The Balaban J connectivity index is 1.54. The van der Waals surface area contributed by atoms with Gasteiger partial charge in [0.15, 0.2) is 9.84 Å². The van der Waals surface area contributed by atoms with Crippen LogP contribution in [0.1, 0.15) is 78.1 Å². The van der Waals surface area contributed by atoms with Crippen molar-refractivity contribution < 1.29 is 18.0 Å². The van der Waals surface area contributed by atoms with Crippen LogP contribution < -0.4 is 10.6 Å². The third-order valence-corrected chi connectivity index (χ3v) is 9.29. The molecule has 0 aromatic carbocycles. The fraction of sp³-hybridized carbons (Fsp3) is 0.909. The first-order valence-electron chi connectivity index (χ1n) is 11.5. The number of carbonyl (C=O) groups is 2. The van der Waals surface area contributed by atoms with E-state index in [0.717, 1.165) is 38.5 Å². The zero-order chi connectivity index (χ0) is 21.0. The molecule has 0 aromatic heterocycles. The van der Waals surface area contributed by atoms with Crippen LogP contribution in [-0.2, 0) is 19.4 Å². The fourth-order valence-electron chi connectivity index (χ4n) is 5.51. The van der Waals surface area contributed by atoms with E-state index >= 15 is 0 Å². The summed E-state index contributed by atoms with van der Waals surface area (Å²) in [5.74, 6) is 0.367. The summed E-state index contributed by atoms with van der Waals surface area (Å²) in [4.78, 5) is 25.2. The summed E-state index contributed by atoms with van der Waals surface area (Å²) in [5, 5.41) is 6.27. The average molecular weight is 427 g/mol. The molecule has 1 aliphatic heterocycles. The van der Waals surface area contributed by atoms with Gasteiger partial charge in [-0.25, -0.2) is 8.42 Å². The minimum atomic E-state index is -3.18. The highest BCUT2D eigenvalue weighted by atomic mass is 32.2. The zero-order valence-electron chi connectivity index (χ0n) is 18.0. The normalized spacial score (nSPS) is 37.0. The lowest BCUT2D eigenvalue weighted by atomic mass is 9.84. The number of hydrogen-bond acceptors (Lipinski definition) is 4. The largest absolute Gasteiger partial charge is 0.353 e. The molecular formula is C22H38N2O4S. The maximum absolute atomic E-state index is 12.6. The van der Waals surface area contributed by atoms with Crippen molar-refractivity contribution >= 4 is 21.7 Å². The summed E-state index contributed by atoms with van der Waals surface area (Å²) >= 11 is 0. The lowest BCUT2D eigenvalue weighted by molar-refractivity contribution is -0.126. The maximum Gasteiger partial charge on any atom is 0.220 e. The van der Waals surface area contributed by atoms with Gasteiger partial charge in [-0.2, -0.15) is 0 Å². The molecule has 2 N–H and O–H groups in total. The van der Waals surface area contributed by atoms with E-state index in [1.807, 2.05) is 0 Å². The van der Waals surface area contributed by atoms with Crippen molar-refractivity contribution in [2.24, 2.45) is 23.7 Å². The highest BCUT2D eigenvalue weighted by molar-refractivity contribution is 7.91. The van der Waals surface area contributed by atoms with Gasteiger partial charge in [0, 0.05) is 24.9 Å². The number of rotatable bonds is 6. The van der Waals surface area contributed by atoms with Crippen LogP contribution in [0.2, 0.25) is 0 Å². The van der Waals surface area contributed by atoms with Gasteiger partial charge in [0.25, 0.3) is 0 Å². The number of amides is 2. The molecule has 166 valence electrons. The molecular weight excluding hydrogens is 388 g/mol. The van der Waals surface area contributed by atoms with Crippen molar-refractivity contribution in [3.05, 3.63) is 0 Å². The molecule has 1 saturated heterocycles. The zero-order valence-corrected chi connectivity index (χ0v) is 18.8. The van der Waals surface area contributed by atoms with Gasteiger partial charge in [-0.1, -0.05) is 39.5 Å². The highest BCUT2D eigenvalue weighted by Gasteiger charge is 2.40. The SMILES string of the molecule is C[C@@H]1CCCC[C@@H]1NC(=O)C[C@@H]1CS(=O)(=O)C[C@@H]1CC(=O)N[C@H]1CCCC[C@@H]1C. The highest BCUT2D eigenvalue weighted by Crippen LogP contribution is 2.32. The van der Waals surface area contributed by atoms with E-state index in [-0.39, 0.29) is 60.1 Å². The standard InChI is InChI=1S/C22H38N2O4S/c1-15-7-3-5-9-19(15)23-21(25)11-17-13-29(27,28)14-18(17)12-22(26)24-20-10-6-4-8-16(20)2/h15-20H,3-14H2,1-2H3,(H,23,25)(H,24,26)/t15-,16+,17-,18+,19-,20-/m0/s1. The Morgan fingerprint density at radius 1 is 0.724 bits per heavy atom. The minimum absolute atomic E-state index is 0.0262. The van der Waals surface area contributed by atoms with E-state index in [9.17, 15) is 18.0 Å². The third-order valence-electron chi connectivity index (χ3n) is 7.41. The molecule has 3 aliphatic rings. The number of hydrogen-bond donors (Lipinski definition) is 2. The molecule has 0 unspecified atom stereocenters. The van der Waals surface area contributed by atoms with Gasteiger partial charge in [-0.3, -0.25) is 9.59 Å². The van der Waals surface area contributed by atoms with Gasteiger partial charge < -0.3 is 10.6 Å². The second-order valence-corrected chi connectivity index (χ2v) is 12.0. The first-order chi connectivity index (χ1) is 13.7. The van der Waals surface area contributed by atoms with E-state index in [1.54, 1.807) is 0 Å². The van der Waals surface area contributed by atoms with Crippen molar-refractivity contribution in [1.29, 1.82) is 0 Å². The Hall–Kier alpha value is -1.11. The molecule has 6 nitrogen and oxygen atoms in total. The van der Waals surface area contributed by atoms with Crippen molar-refractivity contribution in [1.82, 2.24) is 10.6 Å². The van der Waals surface area contributed by atoms with Gasteiger partial charge in [0.2, 0.25) is 11.8 Å². The van der Waals surface area contributed by atoms with E-state index in [0.29, 0.717) is 11.8 Å². The van der Waals surface area contributed by atoms with E-state index < -0.39 is 9.84 Å². The number of nitrogens with one attached hydrogen (secondary N) is 2. The molecule has 0 bridgehead atoms. The molecule has 2 aliphatic carbocycles. The van der Waals surface area contributed by atoms with E-state index in [4.69, 9.17) is 0 Å². The minimum Gasteiger partial charge on any atom is -0.353 e. The molecule has 6 atom stereocenters. The van der Waals surface area contributed by atoms with Crippen molar-refractivity contribution in [3.63, 3.8) is 0 Å². The molecule has 3 rings (SSSR count). The Morgan fingerprint density at radius 2 is 1.10 bits per heavy atom. The van der Waals surface area contributed by atoms with Crippen LogP contribution in [0.15, 0.2) is 0 Å². The molecule has 2 amide bonds. The first-order valence-corrected chi connectivity index (χ1v) is 13.3. The van der Waals surface area contributed by atoms with Crippen LogP contribution in [0.4, 0.5) is 0 Å². The number of sulfone groups is 1. The smallest absolute Gasteiger partial charge is 0.220 e. The van der Waals surface area contributed by atoms with E-state index in [2.05, 4.69) is 24.5 Å². The van der Waals surface area contributed by atoms with E-state index in [1.165, 1.54) is 12.8 Å². The van der Waals surface area contributed by atoms with Gasteiger partial charge in [-0.05, 0) is 49.4 Å². The average Bonchev–Trinajstić information content (AvgIpc) is 2.92. The third kappa shape index (κ3) is 6.43. The van der Waals surface area contributed by atoms with Gasteiger partial charge >= 0.3 is 0 Å². The lowest BCUT2D eigenvalue weighted by Crippen LogP contribution is -2.43. The Bertz CT molecular complexity index is 641. The lowest BCUT2D eigenvalue weighted by Gasteiger charge is -2.31. The summed E-state index contributed by atoms with van der Waals surface area (Å²) in [6.07, 6.45) is 9.38. The predicted molar refractivity (Wildman–Crippen MR) is 114 cm³/mol. The summed E-state index contributed by atoms with van der Waals surface area (Å²) in [7, 11) is -3.18. The molecule has 3 fully saturated rings. The molecule has 0 spiro atoms. The molecule has 2 saturated carbocycles. The topological polar surface area (TPSA) is 92.3 Å². The molecule has 0 aromatic rings. The molecule has 29 heavy (non-hydrogen) atoms. The quantitative estimate of drug-likeness (QED) is 0.683. The molecule has 7 heteroatoms.